The van der Waals surface area contributed by atoms with Crippen LogP contribution in [0.25, 0.3) is 0 Å². The lowest BCUT2D eigenvalue weighted by atomic mass is 10.2. The van der Waals surface area contributed by atoms with Gasteiger partial charge in [-0.1, -0.05) is 0 Å². The third-order valence-corrected chi connectivity index (χ3v) is 1.64. The average Bonchev–Trinajstić information content (AvgIpc) is 2.16. The molecule has 0 aliphatic heterocycles. The average molecular weight is 181 g/mol. The van der Waals surface area contributed by atoms with Crippen molar-refractivity contribution >= 4 is 11.6 Å². The van der Waals surface area contributed by atoms with Crippen LogP contribution in [0.4, 0.5) is 5.69 Å². The molecule has 0 heterocycles. The molecule has 0 radical (unpaired) electrons. The smallest absolute Gasteiger partial charge is 0.248 e. The second kappa shape index (κ2) is 3.77. The highest BCUT2D eigenvalue weighted by Gasteiger charge is 2.05. The molecule has 0 aliphatic rings. The minimum absolute atomic E-state index is 0.383. The molecule has 70 valence electrons. The molecule has 1 aromatic carbocycles. The molecule has 0 saturated carbocycles. The molecule has 13 heavy (non-hydrogen) atoms. The van der Waals surface area contributed by atoms with Crippen LogP contribution in [0.1, 0.15) is 10.4 Å². The molecule has 5 N–H and O–H groups in total. The van der Waals surface area contributed by atoms with Crippen LogP contribution >= 0.6 is 0 Å². The van der Waals surface area contributed by atoms with Gasteiger partial charge in [-0.2, -0.15) is 0 Å². The number of nitrogens with two attached hydrogens (primary N) is 2. The van der Waals surface area contributed by atoms with E-state index in [1.54, 1.807) is 12.1 Å². The first-order chi connectivity index (χ1) is 6.19. The Morgan fingerprint density at radius 1 is 1.54 bits per heavy atom. The number of hydrazine groups is 1. The predicted octanol–water partition coefficient (Wildman–Crippen LogP) is 0.0797. The van der Waals surface area contributed by atoms with Gasteiger partial charge >= 0.3 is 0 Å². The van der Waals surface area contributed by atoms with Gasteiger partial charge in [-0.25, -0.2) is 0 Å². The molecule has 1 rings (SSSR count). The fourth-order valence-electron chi connectivity index (χ4n) is 0.974. The molecule has 0 aromatic heterocycles. The molecule has 0 saturated heterocycles. The Hall–Kier alpha value is -1.75. The highest BCUT2D eigenvalue weighted by Crippen LogP contribution is 2.23. The van der Waals surface area contributed by atoms with Gasteiger partial charge in [-0.05, 0) is 18.2 Å². The van der Waals surface area contributed by atoms with E-state index in [2.05, 4.69) is 5.43 Å². The van der Waals surface area contributed by atoms with E-state index in [-0.39, 0.29) is 0 Å². The van der Waals surface area contributed by atoms with Gasteiger partial charge < -0.3 is 15.9 Å². The molecule has 5 heteroatoms. The molecule has 0 fully saturated rings. The fraction of sp³-hybridized carbons (Fsp3) is 0.125. The third kappa shape index (κ3) is 1.88. The topological polar surface area (TPSA) is 90.4 Å². The molecule has 1 amide bonds. The first kappa shape index (κ1) is 9.34. The van der Waals surface area contributed by atoms with Gasteiger partial charge in [0.05, 0.1) is 12.8 Å². The van der Waals surface area contributed by atoms with Crippen molar-refractivity contribution in [3.05, 3.63) is 23.8 Å². The first-order valence-corrected chi connectivity index (χ1v) is 3.63. The molecule has 1 aromatic rings. The maximum absolute atomic E-state index is 10.8. The van der Waals surface area contributed by atoms with Crippen LogP contribution in [0.15, 0.2) is 18.2 Å². The summed E-state index contributed by atoms with van der Waals surface area (Å²) in [6.07, 6.45) is 0. The Kier molecular flexibility index (Phi) is 2.71. The predicted molar refractivity (Wildman–Crippen MR) is 49.3 cm³/mol. The molecule has 0 spiro atoms. The van der Waals surface area contributed by atoms with E-state index < -0.39 is 5.91 Å². The zero-order valence-corrected chi connectivity index (χ0v) is 7.20. The molecular weight excluding hydrogens is 170 g/mol. The first-order valence-electron chi connectivity index (χ1n) is 3.63. The summed E-state index contributed by atoms with van der Waals surface area (Å²) >= 11 is 0. The molecule has 5 nitrogen and oxygen atoms in total. The number of amides is 1. The Morgan fingerprint density at radius 3 is 2.69 bits per heavy atom. The van der Waals surface area contributed by atoms with Gasteiger partial charge in [-0.15, -0.1) is 0 Å². The number of anilines is 1. The summed E-state index contributed by atoms with van der Waals surface area (Å²) in [5, 5.41) is 0. The summed E-state index contributed by atoms with van der Waals surface area (Å²) in [6, 6.07) is 4.72. The van der Waals surface area contributed by atoms with E-state index in [0.717, 1.165) is 0 Å². The zero-order valence-electron chi connectivity index (χ0n) is 7.20. The van der Waals surface area contributed by atoms with Crippen LogP contribution in [0.5, 0.6) is 5.75 Å². The highest BCUT2D eigenvalue weighted by molar-refractivity contribution is 5.94. The van der Waals surface area contributed by atoms with Crippen molar-refractivity contribution in [3.63, 3.8) is 0 Å². The van der Waals surface area contributed by atoms with Crippen LogP contribution in [0.3, 0.4) is 0 Å². The lowest BCUT2D eigenvalue weighted by Crippen LogP contribution is -2.13. The lowest BCUT2D eigenvalue weighted by molar-refractivity contribution is 0.100. The van der Waals surface area contributed by atoms with Crippen molar-refractivity contribution in [2.45, 2.75) is 0 Å². The fourth-order valence-corrected chi connectivity index (χ4v) is 0.974. The molecular formula is C8H11N3O2. The Bertz CT molecular complexity index is 325. The number of carbonyl (C=O) groups is 1. The Balaban J connectivity index is 3.13. The SMILES string of the molecule is COc1ccc(C(N)=O)cc1NN. The van der Waals surface area contributed by atoms with E-state index in [4.69, 9.17) is 16.3 Å². The quantitative estimate of drug-likeness (QED) is 0.455. The Labute approximate surface area is 75.6 Å². The summed E-state index contributed by atoms with van der Waals surface area (Å²) in [7, 11) is 1.51. The number of nitrogen functional groups attached to an aromatic ring is 1. The molecule has 0 atom stereocenters. The number of ether oxygens (including phenoxy) is 1. The van der Waals surface area contributed by atoms with Crippen molar-refractivity contribution in [2.75, 3.05) is 12.5 Å². The van der Waals surface area contributed by atoms with Crippen molar-refractivity contribution in [1.82, 2.24) is 0 Å². The number of primary amides is 1. The minimum atomic E-state index is -0.501. The number of hydrogen-bond donors (Lipinski definition) is 3. The number of hydrogen-bond acceptors (Lipinski definition) is 4. The molecule has 0 unspecified atom stereocenters. The lowest BCUT2D eigenvalue weighted by Gasteiger charge is -2.07. The summed E-state index contributed by atoms with van der Waals surface area (Å²) < 4.78 is 4.98. The van der Waals surface area contributed by atoms with Crippen LogP contribution in [0.2, 0.25) is 0 Å². The van der Waals surface area contributed by atoms with Crippen LogP contribution in [-0.4, -0.2) is 13.0 Å². The van der Waals surface area contributed by atoms with Gasteiger partial charge in [0.2, 0.25) is 5.91 Å². The van der Waals surface area contributed by atoms with Gasteiger partial charge in [0.15, 0.2) is 0 Å². The second-order valence-corrected chi connectivity index (χ2v) is 2.42. The number of rotatable bonds is 3. The standard InChI is InChI=1S/C8H11N3O2/c1-13-7-3-2-5(8(9)12)4-6(7)11-10/h2-4,11H,10H2,1H3,(H2,9,12). The zero-order chi connectivity index (χ0) is 9.84. The number of nitrogens with one attached hydrogen (secondary N) is 1. The van der Waals surface area contributed by atoms with Crippen LogP contribution in [0, 0.1) is 0 Å². The van der Waals surface area contributed by atoms with Crippen molar-refractivity contribution < 1.29 is 9.53 Å². The summed E-state index contributed by atoms with van der Waals surface area (Å²) in [5.41, 5.74) is 8.40. The van der Waals surface area contributed by atoms with E-state index >= 15 is 0 Å². The van der Waals surface area contributed by atoms with Gasteiger partial charge in [0.1, 0.15) is 5.75 Å². The number of carbonyl (C=O) groups excluding carboxylic acids is 1. The monoisotopic (exact) mass is 181 g/mol. The number of methoxy groups -OCH3 is 1. The maximum Gasteiger partial charge on any atom is 0.248 e. The summed E-state index contributed by atoms with van der Waals surface area (Å²) in [5.74, 6) is 5.27. The van der Waals surface area contributed by atoms with E-state index in [1.807, 2.05) is 0 Å². The summed E-state index contributed by atoms with van der Waals surface area (Å²) in [6.45, 7) is 0. The minimum Gasteiger partial charge on any atom is -0.495 e. The van der Waals surface area contributed by atoms with Crippen LogP contribution < -0.4 is 21.7 Å². The van der Waals surface area contributed by atoms with Crippen molar-refractivity contribution in [3.8, 4) is 5.75 Å². The van der Waals surface area contributed by atoms with Gasteiger partial charge in [0, 0.05) is 5.56 Å². The number of benzene rings is 1. The third-order valence-electron chi connectivity index (χ3n) is 1.64. The van der Waals surface area contributed by atoms with E-state index in [0.29, 0.717) is 17.0 Å². The maximum atomic E-state index is 10.8. The van der Waals surface area contributed by atoms with E-state index in [9.17, 15) is 4.79 Å². The second-order valence-electron chi connectivity index (χ2n) is 2.42. The van der Waals surface area contributed by atoms with Crippen molar-refractivity contribution in [1.29, 1.82) is 0 Å². The van der Waals surface area contributed by atoms with Gasteiger partial charge in [-0.3, -0.25) is 10.6 Å². The van der Waals surface area contributed by atoms with Gasteiger partial charge in [0.25, 0.3) is 0 Å². The largest absolute Gasteiger partial charge is 0.495 e. The normalized spacial score (nSPS) is 9.38. The Morgan fingerprint density at radius 2 is 2.23 bits per heavy atom. The van der Waals surface area contributed by atoms with E-state index in [1.165, 1.54) is 13.2 Å². The molecule has 0 bridgehead atoms. The molecule has 0 aliphatic carbocycles. The highest BCUT2D eigenvalue weighted by atomic mass is 16.5. The summed E-state index contributed by atoms with van der Waals surface area (Å²) in [4.78, 5) is 10.8. The van der Waals surface area contributed by atoms with Crippen LogP contribution in [-0.2, 0) is 0 Å². The van der Waals surface area contributed by atoms with Crippen molar-refractivity contribution in [2.24, 2.45) is 11.6 Å².